The van der Waals surface area contributed by atoms with Crippen LogP contribution >= 0.6 is 22.3 Å². The van der Waals surface area contributed by atoms with E-state index in [1.165, 1.54) is 71.5 Å². The van der Waals surface area contributed by atoms with Gasteiger partial charge in [0.1, 0.15) is 5.05 Å². The van der Waals surface area contributed by atoms with Crippen molar-refractivity contribution in [1.29, 1.82) is 0 Å². The van der Waals surface area contributed by atoms with Crippen LogP contribution in [0.4, 0.5) is 0 Å². The summed E-state index contributed by atoms with van der Waals surface area (Å²) in [6, 6.07) is 2.37. The van der Waals surface area contributed by atoms with Crippen LogP contribution in [-0.4, -0.2) is 17.0 Å². The Morgan fingerprint density at radius 3 is 2.60 bits per heavy atom. The molecule has 25 heavy (non-hydrogen) atoms. The largest absolute Gasteiger partial charge is 0.338 e. The number of hydrogen-bond acceptors (Lipinski definition) is 2. The Morgan fingerprint density at radius 2 is 1.96 bits per heavy atom. The first-order valence-electron chi connectivity index (χ1n) is 9.81. The fraction of sp³-hybridized carbons (Fsp3) is 0.636. The standard InChI is InChI=1S/C22H32OS2/c1-15-10-12-18(13-11-15)17(3)24-22(23-4)21-16(2)14-20(25-21)19-8-6-5-7-9-19/h8,14-15,18H,5-7,9-13H2,1-4H3. The van der Waals surface area contributed by atoms with Crippen LogP contribution in [0.1, 0.15) is 80.5 Å². The number of aryl methyl sites for hydroxylation is 1. The van der Waals surface area contributed by atoms with Crippen LogP contribution in [-0.2, 0) is 4.74 Å². The molecule has 0 aliphatic heterocycles. The molecule has 3 heteroatoms. The van der Waals surface area contributed by atoms with Crippen molar-refractivity contribution < 1.29 is 4.74 Å². The van der Waals surface area contributed by atoms with E-state index in [1.807, 2.05) is 29.4 Å². The van der Waals surface area contributed by atoms with Crippen LogP contribution in [0.25, 0.3) is 5.57 Å². The molecule has 0 unspecified atom stereocenters. The molecule has 1 saturated carbocycles. The van der Waals surface area contributed by atoms with Gasteiger partial charge in [-0.1, -0.05) is 25.8 Å². The van der Waals surface area contributed by atoms with Gasteiger partial charge in [0.2, 0.25) is 0 Å². The van der Waals surface area contributed by atoms with Gasteiger partial charge in [-0.05, 0) is 86.3 Å². The quantitative estimate of drug-likeness (QED) is 0.522. The van der Waals surface area contributed by atoms with Crippen LogP contribution in [0.3, 0.4) is 0 Å². The van der Waals surface area contributed by atoms with Gasteiger partial charge in [-0.3, -0.25) is 0 Å². The zero-order valence-corrected chi connectivity index (χ0v) is 17.8. The number of methoxy groups -OCH3 is 1. The van der Waals surface area contributed by atoms with Gasteiger partial charge in [0.05, 0.1) is 4.88 Å². The summed E-state index contributed by atoms with van der Waals surface area (Å²) in [5, 5.41) is 1.10. The van der Waals surface area contributed by atoms with E-state index in [0.717, 1.165) is 16.9 Å². The fourth-order valence-electron chi connectivity index (χ4n) is 3.98. The third-order valence-corrected chi connectivity index (χ3v) is 8.39. The average molecular weight is 377 g/mol. The second-order valence-corrected chi connectivity index (χ2v) is 10.0. The molecule has 0 N–H and O–H groups in total. The highest BCUT2D eigenvalue weighted by Crippen LogP contribution is 2.35. The first-order valence-corrected chi connectivity index (χ1v) is 11.4. The van der Waals surface area contributed by atoms with E-state index in [9.17, 15) is 0 Å². The maximum atomic E-state index is 5.85. The van der Waals surface area contributed by atoms with Crippen molar-refractivity contribution in [1.82, 2.24) is 0 Å². The summed E-state index contributed by atoms with van der Waals surface area (Å²) in [6.07, 6.45) is 13.0. The number of hydrogen-bond donors (Lipinski definition) is 0. The van der Waals surface area contributed by atoms with E-state index in [4.69, 9.17) is 4.74 Å². The number of rotatable bonds is 3. The SMILES string of the molecule is COC(=S=C(C)C1CCC(C)CC1)c1sc(C2=CCCCC2)cc1C. The second kappa shape index (κ2) is 8.83. The van der Waals surface area contributed by atoms with E-state index in [-0.39, 0.29) is 0 Å². The highest BCUT2D eigenvalue weighted by atomic mass is 32.1. The summed E-state index contributed by atoms with van der Waals surface area (Å²) in [7, 11) is 3.71. The smallest absolute Gasteiger partial charge is 0.146 e. The average Bonchev–Trinajstić information content (AvgIpc) is 3.02. The zero-order valence-electron chi connectivity index (χ0n) is 16.2. The van der Waals surface area contributed by atoms with Crippen molar-refractivity contribution in [2.45, 2.75) is 72.1 Å². The molecule has 3 rings (SSSR count). The van der Waals surface area contributed by atoms with E-state index < -0.39 is 0 Å². The summed E-state index contributed by atoms with van der Waals surface area (Å²) < 4.78 is 5.85. The Bertz CT molecular complexity index is 696. The van der Waals surface area contributed by atoms with Gasteiger partial charge in [-0.2, -0.15) is 0 Å². The Hall–Kier alpha value is -0.640. The summed E-state index contributed by atoms with van der Waals surface area (Å²) in [4.78, 5) is 4.32. The predicted molar refractivity (Wildman–Crippen MR) is 116 cm³/mol. The van der Waals surface area contributed by atoms with Crippen molar-refractivity contribution in [3.05, 3.63) is 27.5 Å². The lowest BCUT2D eigenvalue weighted by atomic mass is 9.82. The first-order chi connectivity index (χ1) is 12.1. The maximum Gasteiger partial charge on any atom is 0.146 e. The van der Waals surface area contributed by atoms with Crippen molar-refractivity contribution in [2.24, 2.45) is 11.8 Å². The van der Waals surface area contributed by atoms with Crippen LogP contribution in [0.15, 0.2) is 12.1 Å². The Balaban J connectivity index is 1.88. The van der Waals surface area contributed by atoms with Gasteiger partial charge < -0.3 is 4.74 Å². The molecule has 0 radical (unpaired) electrons. The van der Waals surface area contributed by atoms with Gasteiger partial charge >= 0.3 is 0 Å². The van der Waals surface area contributed by atoms with Gasteiger partial charge in [-0.25, -0.2) is 0 Å². The maximum absolute atomic E-state index is 5.85. The van der Waals surface area contributed by atoms with Crippen LogP contribution < -0.4 is 0 Å². The number of ether oxygens (including phenoxy) is 1. The van der Waals surface area contributed by atoms with Crippen molar-refractivity contribution >= 4 is 37.8 Å². The number of thiophene rings is 1. The van der Waals surface area contributed by atoms with Gasteiger partial charge in [-0.15, -0.1) is 22.3 Å². The Morgan fingerprint density at radius 1 is 1.20 bits per heavy atom. The van der Waals surface area contributed by atoms with E-state index in [2.05, 4.69) is 32.9 Å². The lowest BCUT2D eigenvalue weighted by Crippen LogP contribution is -2.18. The molecule has 0 amide bonds. The molecule has 1 heterocycles. The monoisotopic (exact) mass is 376 g/mol. The molecular weight excluding hydrogens is 344 g/mol. The van der Waals surface area contributed by atoms with Crippen molar-refractivity contribution in [2.75, 3.05) is 7.11 Å². The molecule has 2 aliphatic carbocycles. The fourth-order valence-corrected chi connectivity index (χ4v) is 6.42. The number of allylic oxidation sites excluding steroid dienone is 2. The van der Waals surface area contributed by atoms with E-state index >= 15 is 0 Å². The van der Waals surface area contributed by atoms with E-state index in [1.54, 1.807) is 5.57 Å². The van der Waals surface area contributed by atoms with Crippen LogP contribution in [0, 0.1) is 18.8 Å². The molecule has 0 atom stereocenters. The minimum absolute atomic E-state index is 0.757. The lowest BCUT2D eigenvalue weighted by Gasteiger charge is -2.25. The minimum atomic E-state index is 0.757. The minimum Gasteiger partial charge on any atom is -0.338 e. The molecule has 138 valence electrons. The van der Waals surface area contributed by atoms with Crippen molar-refractivity contribution in [3.8, 4) is 0 Å². The molecule has 0 aromatic carbocycles. The van der Waals surface area contributed by atoms with Crippen LogP contribution in [0.2, 0.25) is 0 Å². The molecule has 1 aromatic heterocycles. The molecule has 0 bridgehead atoms. The molecular formula is C22H32OS2. The third-order valence-electron chi connectivity index (χ3n) is 5.74. The van der Waals surface area contributed by atoms with Gasteiger partial charge in [0, 0.05) is 12.0 Å². The third kappa shape index (κ3) is 4.75. The topological polar surface area (TPSA) is 9.23 Å². The van der Waals surface area contributed by atoms with Crippen LogP contribution in [0.5, 0.6) is 0 Å². The summed E-state index contributed by atoms with van der Waals surface area (Å²) in [5.74, 6) is 1.66. The highest BCUT2D eigenvalue weighted by Gasteiger charge is 2.20. The molecule has 1 nitrogen and oxygen atoms in total. The van der Waals surface area contributed by atoms with Gasteiger partial charge in [0.25, 0.3) is 0 Å². The predicted octanol–water partition coefficient (Wildman–Crippen LogP) is 6.89. The summed E-state index contributed by atoms with van der Waals surface area (Å²) in [6.45, 7) is 6.94. The zero-order chi connectivity index (χ0) is 17.8. The molecule has 0 spiro atoms. The second-order valence-electron chi connectivity index (χ2n) is 7.76. The molecule has 2 aliphatic rings. The van der Waals surface area contributed by atoms with E-state index in [0.29, 0.717) is 0 Å². The summed E-state index contributed by atoms with van der Waals surface area (Å²) in [5.41, 5.74) is 2.91. The van der Waals surface area contributed by atoms with Crippen molar-refractivity contribution in [3.63, 3.8) is 0 Å². The Kier molecular flexibility index (Phi) is 6.76. The molecule has 1 fully saturated rings. The summed E-state index contributed by atoms with van der Waals surface area (Å²) >= 11 is 1.92. The lowest BCUT2D eigenvalue weighted by molar-refractivity contribution is 0.345. The van der Waals surface area contributed by atoms with Gasteiger partial charge in [0.15, 0.2) is 0 Å². The highest BCUT2D eigenvalue weighted by molar-refractivity contribution is 7.98. The molecule has 1 aromatic rings. The normalized spacial score (nSPS) is 23.9. The Labute approximate surface area is 161 Å². The molecule has 0 saturated heterocycles. The first kappa shape index (κ1) is 19.1.